The molecule has 2 aromatic rings. The molecule has 1 aromatic heterocycles. The highest BCUT2D eigenvalue weighted by Gasteiger charge is 2.34. The van der Waals surface area contributed by atoms with Gasteiger partial charge in [0.1, 0.15) is 11.7 Å². The van der Waals surface area contributed by atoms with E-state index in [2.05, 4.69) is 31.6 Å². The van der Waals surface area contributed by atoms with Gasteiger partial charge < -0.3 is 5.32 Å². The molecule has 2 rings (SSSR count). The summed E-state index contributed by atoms with van der Waals surface area (Å²) in [4.78, 5) is 24.9. The van der Waals surface area contributed by atoms with Crippen molar-refractivity contribution in [2.45, 2.75) is 53.0 Å². The number of aromatic nitrogens is 3. The number of amides is 1. The maximum atomic E-state index is 12.9. The average molecular weight is 461 g/mol. The van der Waals surface area contributed by atoms with Crippen LogP contribution >= 0.6 is 15.9 Å². The van der Waals surface area contributed by atoms with Gasteiger partial charge in [0, 0.05) is 17.4 Å². The Hall–Kier alpha value is -2.28. The molecule has 1 heterocycles. The van der Waals surface area contributed by atoms with Crippen LogP contribution in [0, 0.1) is 5.41 Å². The van der Waals surface area contributed by atoms with Gasteiger partial charge in [-0.1, -0.05) is 73.1 Å². The van der Waals surface area contributed by atoms with Crippen LogP contribution in [-0.4, -0.2) is 33.2 Å². The van der Waals surface area contributed by atoms with E-state index in [1.807, 2.05) is 64.1 Å². The van der Waals surface area contributed by atoms with E-state index in [4.69, 9.17) is 0 Å². The lowest BCUT2D eigenvalue weighted by Gasteiger charge is -2.29. The van der Waals surface area contributed by atoms with Gasteiger partial charge in [-0.15, -0.1) is 5.10 Å². The van der Waals surface area contributed by atoms with Crippen molar-refractivity contribution in [1.82, 2.24) is 20.3 Å². The van der Waals surface area contributed by atoms with Crippen LogP contribution in [0.5, 0.6) is 0 Å². The molecule has 0 aliphatic rings. The molecule has 0 saturated heterocycles. The lowest BCUT2D eigenvalue weighted by Crippen LogP contribution is -2.40. The van der Waals surface area contributed by atoms with Gasteiger partial charge in [0.05, 0.1) is 6.20 Å². The first-order valence-corrected chi connectivity index (χ1v) is 10.7. The Balaban J connectivity index is 1.97. The van der Waals surface area contributed by atoms with Gasteiger partial charge in [-0.25, -0.2) is 4.68 Å². The Kier molecular flexibility index (Phi) is 8.32. The summed E-state index contributed by atoms with van der Waals surface area (Å²) in [5, 5.41) is 11.0. The van der Waals surface area contributed by atoms with E-state index in [0.29, 0.717) is 18.7 Å². The summed E-state index contributed by atoms with van der Waals surface area (Å²) < 4.78 is 2.55. The normalized spacial score (nSPS) is 12.9. The second kappa shape index (κ2) is 10.5. The zero-order valence-corrected chi connectivity index (χ0v) is 19.1. The minimum Gasteiger partial charge on any atom is -0.354 e. The average Bonchev–Trinajstić information content (AvgIpc) is 3.11. The Bertz CT molecular complexity index is 850. The summed E-state index contributed by atoms with van der Waals surface area (Å²) >= 11 is 3.42. The minimum atomic E-state index is -0.548. The molecule has 0 aliphatic heterocycles. The summed E-state index contributed by atoms with van der Waals surface area (Å²) in [6, 6.07) is 7.49. The van der Waals surface area contributed by atoms with E-state index in [1.165, 1.54) is 4.68 Å². The van der Waals surface area contributed by atoms with Gasteiger partial charge in [-0.2, -0.15) is 0 Å². The smallest absolute Gasteiger partial charge is 0.245 e. The number of ketones is 1. The van der Waals surface area contributed by atoms with Gasteiger partial charge >= 0.3 is 0 Å². The molecule has 0 bridgehead atoms. The predicted molar refractivity (Wildman–Crippen MR) is 119 cm³/mol. The molecule has 0 spiro atoms. The third-order valence-corrected chi connectivity index (χ3v) is 4.93. The molecule has 0 aliphatic carbocycles. The lowest BCUT2D eigenvalue weighted by atomic mass is 9.86. The third kappa shape index (κ3) is 6.92. The molecule has 1 N–H and O–H groups in total. The number of benzene rings is 1. The fourth-order valence-corrected chi connectivity index (χ4v) is 3.23. The van der Waals surface area contributed by atoms with Crippen LogP contribution in [0.1, 0.15) is 69.1 Å². The molecular formula is C22H29BrN4O2. The molecule has 1 aromatic carbocycles. The number of nitrogens with zero attached hydrogens (tertiary/aromatic N) is 3. The summed E-state index contributed by atoms with van der Waals surface area (Å²) in [5.74, 6) is -0.182. The molecule has 6 nitrogen and oxygen atoms in total. The first kappa shape index (κ1) is 23.0. The first-order valence-electron chi connectivity index (χ1n) is 9.87. The van der Waals surface area contributed by atoms with Crippen molar-refractivity contribution in [3.8, 4) is 0 Å². The van der Waals surface area contributed by atoms with Crippen molar-refractivity contribution >= 4 is 33.7 Å². The fourth-order valence-electron chi connectivity index (χ4n) is 2.96. The summed E-state index contributed by atoms with van der Waals surface area (Å²) in [6.45, 7) is 8.38. The van der Waals surface area contributed by atoms with Crippen molar-refractivity contribution in [3.63, 3.8) is 0 Å². The van der Waals surface area contributed by atoms with Crippen molar-refractivity contribution < 1.29 is 9.59 Å². The van der Waals surface area contributed by atoms with E-state index in [-0.39, 0.29) is 17.1 Å². The van der Waals surface area contributed by atoms with E-state index in [9.17, 15) is 9.59 Å². The third-order valence-electron chi connectivity index (χ3n) is 4.40. The van der Waals surface area contributed by atoms with Crippen LogP contribution in [-0.2, 0) is 4.79 Å². The zero-order valence-electron chi connectivity index (χ0n) is 17.5. The largest absolute Gasteiger partial charge is 0.354 e. The van der Waals surface area contributed by atoms with Gasteiger partial charge in [0.25, 0.3) is 0 Å². The topological polar surface area (TPSA) is 76.9 Å². The molecule has 0 radical (unpaired) electrons. The second-order valence-corrected chi connectivity index (χ2v) is 8.97. The zero-order chi connectivity index (χ0) is 21.4. The molecule has 156 valence electrons. The minimum absolute atomic E-state index is 0.0510. The van der Waals surface area contributed by atoms with E-state index in [0.717, 1.165) is 22.9 Å². The maximum absolute atomic E-state index is 12.9. The van der Waals surface area contributed by atoms with Crippen LogP contribution in [0.2, 0.25) is 0 Å². The van der Waals surface area contributed by atoms with Crippen molar-refractivity contribution in [1.29, 1.82) is 0 Å². The van der Waals surface area contributed by atoms with Crippen molar-refractivity contribution in [2.24, 2.45) is 5.41 Å². The fraction of sp³-hybridized carbons (Fsp3) is 0.455. The predicted octanol–water partition coefficient (Wildman–Crippen LogP) is 4.83. The maximum Gasteiger partial charge on any atom is 0.245 e. The highest BCUT2D eigenvalue weighted by Crippen LogP contribution is 2.30. The highest BCUT2D eigenvalue weighted by molar-refractivity contribution is 9.10. The van der Waals surface area contributed by atoms with Crippen LogP contribution in [0.25, 0.3) is 6.08 Å². The van der Waals surface area contributed by atoms with Gasteiger partial charge in [0.2, 0.25) is 5.91 Å². The Morgan fingerprint density at radius 2 is 1.93 bits per heavy atom. The molecule has 7 heteroatoms. The van der Waals surface area contributed by atoms with Crippen molar-refractivity contribution in [3.05, 3.63) is 52.3 Å². The number of Topliss-reactive ketones (excluding diaryl/α,β-unsaturated/α-hetero) is 1. The molecule has 0 fully saturated rings. The Morgan fingerprint density at radius 3 is 2.55 bits per heavy atom. The van der Waals surface area contributed by atoms with Crippen LogP contribution < -0.4 is 5.32 Å². The van der Waals surface area contributed by atoms with Gasteiger partial charge in [0.15, 0.2) is 5.78 Å². The van der Waals surface area contributed by atoms with Crippen LogP contribution in [0.4, 0.5) is 0 Å². The van der Waals surface area contributed by atoms with Crippen LogP contribution in [0.15, 0.2) is 41.0 Å². The Morgan fingerprint density at radius 1 is 1.24 bits per heavy atom. The number of carbonyl (C=O) groups excluding carboxylic acids is 2. The number of hydrogen-bond donors (Lipinski definition) is 1. The number of halogens is 1. The van der Waals surface area contributed by atoms with Crippen LogP contribution in [0.3, 0.4) is 0 Å². The summed E-state index contributed by atoms with van der Waals surface area (Å²) in [6.07, 6.45) is 7.55. The van der Waals surface area contributed by atoms with Gasteiger partial charge in [-0.05, 0) is 36.0 Å². The molecule has 1 unspecified atom stereocenters. The standard InChI is InChI=1S/C22H29BrN4O2/c1-5-8-19(28)18-15-27(26-25-18)20(22(2,3)4)21(29)24-14-7-6-9-16-10-12-17(23)13-11-16/h6,9-13,15,20H,5,7-8,14H2,1-4H3,(H,24,29)/b9-6+. The SMILES string of the molecule is CCCC(=O)c1cn(C(C(=O)NCC/C=C/c2ccc(Br)cc2)C(C)(C)C)nn1. The highest BCUT2D eigenvalue weighted by atomic mass is 79.9. The van der Waals surface area contributed by atoms with E-state index in [1.54, 1.807) is 6.20 Å². The molecule has 1 amide bonds. The number of hydrogen-bond acceptors (Lipinski definition) is 4. The lowest BCUT2D eigenvalue weighted by molar-refractivity contribution is -0.127. The summed E-state index contributed by atoms with van der Waals surface area (Å²) in [7, 11) is 0. The Labute approximate surface area is 180 Å². The quantitative estimate of drug-likeness (QED) is 0.429. The molecule has 29 heavy (non-hydrogen) atoms. The number of nitrogens with one attached hydrogen (secondary N) is 1. The number of carbonyl (C=O) groups is 2. The van der Waals surface area contributed by atoms with E-state index >= 15 is 0 Å². The molecule has 1 atom stereocenters. The monoisotopic (exact) mass is 460 g/mol. The van der Waals surface area contributed by atoms with E-state index < -0.39 is 6.04 Å². The molecular weight excluding hydrogens is 432 g/mol. The first-order chi connectivity index (χ1) is 13.7. The molecule has 0 saturated carbocycles. The van der Waals surface area contributed by atoms with Crippen molar-refractivity contribution in [2.75, 3.05) is 6.54 Å². The second-order valence-electron chi connectivity index (χ2n) is 8.06. The van der Waals surface area contributed by atoms with Gasteiger partial charge in [-0.3, -0.25) is 9.59 Å². The summed E-state index contributed by atoms with van der Waals surface area (Å²) in [5.41, 5.74) is 1.04. The number of rotatable bonds is 9.